The van der Waals surface area contributed by atoms with Gasteiger partial charge in [-0.3, -0.25) is 0 Å². The Morgan fingerprint density at radius 1 is 1.31 bits per heavy atom. The molecule has 1 saturated heterocycles. The van der Waals surface area contributed by atoms with Gasteiger partial charge in [0.15, 0.2) is 0 Å². The van der Waals surface area contributed by atoms with E-state index in [1.807, 2.05) is 20.8 Å². The molecule has 26 heavy (non-hydrogen) atoms. The molecule has 0 aromatic rings. The largest absolute Gasteiger partial charge is 0.444 e. The van der Waals surface area contributed by atoms with Crippen LogP contribution < -0.4 is 5.32 Å². The first-order chi connectivity index (χ1) is 12.3. The predicted octanol–water partition coefficient (Wildman–Crippen LogP) is 3.07. The number of carbonyl (C=O) groups excluding carboxylic acids is 1. The van der Waals surface area contributed by atoms with Gasteiger partial charge in [-0.05, 0) is 47.0 Å². The number of nitrogens with one attached hydrogen (secondary N) is 1. The van der Waals surface area contributed by atoms with Crippen LogP contribution in [0.4, 0.5) is 4.79 Å². The standard InChI is InChI=1S/C20H33N3O3/c1-5-25-17-10-16(20(17)8-6-7-9-20)22-15-13-23(12-14(15)11-21)18(24)26-19(2,3)4/h14-17,22H,5-10,12-13H2,1-4H3/t14-,15-,16-,17+/m0/s1. The second kappa shape index (κ2) is 7.36. The smallest absolute Gasteiger partial charge is 0.410 e. The number of likely N-dealkylation sites (tertiary alicyclic amines) is 1. The predicted molar refractivity (Wildman–Crippen MR) is 98.6 cm³/mol. The molecule has 4 atom stereocenters. The number of hydrogen-bond donors (Lipinski definition) is 1. The van der Waals surface area contributed by atoms with Gasteiger partial charge in [-0.25, -0.2) is 4.79 Å². The van der Waals surface area contributed by atoms with E-state index >= 15 is 0 Å². The van der Waals surface area contributed by atoms with Crippen LogP contribution in [-0.2, 0) is 9.47 Å². The molecule has 1 N–H and O–H groups in total. The van der Waals surface area contributed by atoms with E-state index < -0.39 is 5.60 Å². The number of amides is 1. The van der Waals surface area contributed by atoms with Gasteiger partial charge >= 0.3 is 6.09 Å². The van der Waals surface area contributed by atoms with Gasteiger partial charge in [-0.15, -0.1) is 0 Å². The van der Waals surface area contributed by atoms with Crippen molar-refractivity contribution in [1.82, 2.24) is 10.2 Å². The van der Waals surface area contributed by atoms with Crippen molar-refractivity contribution < 1.29 is 14.3 Å². The van der Waals surface area contributed by atoms with Crippen LogP contribution in [0.2, 0.25) is 0 Å². The maximum Gasteiger partial charge on any atom is 0.410 e. The van der Waals surface area contributed by atoms with Gasteiger partial charge in [-0.1, -0.05) is 12.8 Å². The molecule has 2 saturated carbocycles. The number of hydrogen-bond acceptors (Lipinski definition) is 5. The lowest BCUT2D eigenvalue weighted by molar-refractivity contribution is -0.132. The topological polar surface area (TPSA) is 74.6 Å². The Hall–Kier alpha value is -1.32. The van der Waals surface area contributed by atoms with Gasteiger partial charge in [0.05, 0.1) is 18.1 Å². The Kier molecular flexibility index (Phi) is 5.50. The number of rotatable bonds is 4. The van der Waals surface area contributed by atoms with Crippen LogP contribution >= 0.6 is 0 Å². The van der Waals surface area contributed by atoms with Gasteiger partial charge in [0.2, 0.25) is 0 Å². The van der Waals surface area contributed by atoms with Crippen LogP contribution in [0.1, 0.15) is 59.8 Å². The van der Waals surface area contributed by atoms with Crippen LogP contribution in [0.3, 0.4) is 0 Å². The SMILES string of the molecule is CCO[C@@H]1C[C@H](N[C@H]2CN(C(=O)OC(C)(C)C)C[C@@H]2C#N)C12CCCC2. The molecule has 0 aromatic carbocycles. The number of nitriles is 1. The molecule has 6 nitrogen and oxygen atoms in total. The van der Waals surface area contributed by atoms with E-state index in [9.17, 15) is 10.1 Å². The Morgan fingerprint density at radius 3 is 2.58 bits per heavy atom. The number of nitrogens with zero attached hydrogens (tertiary/aromatic N) is 2. The van der Waals surface area contributed by atoms with Crippen LogP contribution in [-0.4, -0.2) is 54.5 Å². The minimum atomic E-state index is -0.517. The highest BCUT2D eigenvalue weighted by Crippen LogP contribution is 2.55. The summed E-state index contributed by atoms with van der Waals surface area (Å²) in [7, 11) is 0. The summed E-state index contributed by atoms with van der Waals surface area (Å²) in [4.78, 5) is 14.0. The molecule has 3 fully saturated rings. The van der Waals surface area contributed by atoms with Crippen molar-refractivity contribution >= 4 is 6.09 Å². The van der Waals surface area contributed by atoms with Crippen molar-refractivity contribution in [3.8, 4) is 6.07 Å². The lowest BCUT2D eigenvalue weighted by atomic mass is 9.60. The number of ether oxygens (including phenoxy) is 2. The average Bonchev–Trinajstić information content (AvgIpc) is 3.21. The van der Waals surface area contributed by atoms with Crippen LogP contribution in [0, 0.1) is 22.7 Å². The van der Waals surface area contributed by atoms with Crippen molar-refractivity contribution in [2.45, 2.75) is 83.6 Å². The normalized spacial score (nSPS) is 33.1. The van der Waals surface area contributed by atoms with E-state index in [2.05, 4.69) is 18.3 Å². The molecule has 0 aromatic heterocycles. The minimum Gasteiger partial charge on any atom is -0.444 e. The molecule has 2 aliphatic carbocycles. The van der Waals surface area contributed by atoms with Gasteiger partial charge in [0.1, 0.15) is 5.60 Å². The van der Waals surface area contributed by atoms with Crippen molar-refractivity contribution in [3.05, 3.63) is 0 Å². The molecule has 3 rings (SSSR count). The molecule has 0 bridgehead atoms. The van der Waals surface area contributed by atoms with Crippen LogP contribution in [0.5, 0.6) is 0 Å². The number of carbonyl (C=O) groups is 1. The molecule has 1 aliphatic heterocycles. The second-order valence-corrected chi connectivity index (χ2v) is 9.07. The molecule has 1 amide bonds. The van der Waals surface area contributed by atoms with Crippen LogP contribution in [0.25, 0.3) is 0 Å². The fraction of sp³-hybridized carbons (Fsp3) is 0.900. The zero-order chi connectivity index (χ0) is 18.9. The third kappa shape index (κ3) is 3.70. The monoisotopic (exact) mass is 363 g/mol. The third-order valence-corrected chi connectivity index (χ3v) is 6.24. The summed E-state index contributed by atoms with van der Waals surface area (Å²) in [5, 5.41) is 13.3. The fourth-order valence-electron chi connectivity index (χ4n) is 4.96. The van der Waals surface area contributed by atoms with Gasteiger partial charge < -0.3 is 19.7 Å². The van der Waals surface area contributed by atoms with E-state index in [0.29, 0.717) is 25.2 Å². The van der Waals surface area contributed by atoms with Gasteiger partial charge in [0.25, 0.3) is 0 Å². The molecule has 3 aliphatic rings. The molecule has 1 spiro atoms. The van der Waals surface area contributed by atoms with E-state index in [4.69, 9.17) is 9.47 Å². The molecule has 0 radical (unpaired) electrons. The summed E-state index contributed by atoms with van der Waals surface area (Å²) in [5.74, 6) is -0.188. The Labute approximate surface area is 157 Å². The van der Waals surface area contributed by atoms with E-state index in [0.717, 1.165) is 13.0 Å². The van der Waals surface area contributed by atoms with E-state index in [1.54, 1.807) is 4.90 Å². The van der Waals surface area contributed by atoms with Crippen molar-refractivity contribution in [1.29, 1.82) is 5.26 Å². The van der Waals surface area contributed by atoms with E-state index in [-0.39, 0.29) is 23.5 Å². The molecule has 6 heteroatoms. The summed E-state index contributed by atoms with van der Waals surface area (Å²) in [6, 6.07) is 2.79. The van der Waals surface area contributed by atoms with Gasteiger partial charge in [0, 0.05) is 37.2 Å². The second-order valence-electron chi connectivity index (χ2n) is 9.07. The van der Waals surface area contributed by atoms with Crippen LogP contribution in [0.15, 0.2) is 0 Å². The summed E-state index contributed by atoms with van der Waals surface area (Å²) >= 11 is 0. The molecular weight excluding hydrogens is 330 g/mol. The lowest BCUT2D eigenvalue weighted by Crippen LogP contribution is -2.65. The lowest BCUT2D eigenvalue weighted by Gasteiger charge is -2.55. The Balaban J connectivity index is 1.62. The highest BCUT2D eigenvalue weighted by atomic mass is 16.6. The highest BCUT2D eigenvalue weighted by Gasteiger charge is 2.57. The summed E-state index contributed by atoms with van der Waals surface area (Å²) < 4.78 is 11.5. The first-order valence-corrected chi connectivity index (χ1v) is 10.0. The summed E-state index contributed by atoms with van der Waals surface area (Å²) in [5.41, 5.74) is -0.285. The fourth-order valence-corrected chi connectivity index (χ4v) is 4.96. The van der Waals surface area contributed by atoms with Crippen molar-refractivity contribution in [2.24, 2.45) is 11.3 Å². The highest BCUT2D eigenvalue weighted by molar-refractivity contribution is 5.68. The maximum atomic E-state index is 12.4. The summed E-state index contributed by atoms with van der Waals surface area (Å²) in [6.07, 6.45) is 5.96. The van der Waals surface area contributed by atoms with Gasteiger partial charge in [-0.2, -0.15) is 5.26 Å². The van der Waals surface area contributed by atoms with E-state index in [1.165, 1.54) is 25.7 Å². The third-order valence-electron chi connectivity index (χ3n) is 6.24. The Bertz CT molecular complexity index is 560. The minimum absolute atomic E-state index is 0.0116. The Morgan fingerprint density at radius 2 is 2.00 bits per heavy atom. The molecule has 146 valence electrons. The molecule has 1 heterocycles. The van der Waals surface area contributed by atoms with Crippen molar-refractivity contribution in [3.63, 3.8) is 0 Å². The van der Waals surface area contributed by atoms with Crippen molar-refractivity contribution in [2.75, 3.05) is 19.7 Å². The quantitative estimate of drug-likeness (QED) is 0.831. The average molecular weight is 364 g/mol. The first-order valence-electron chi connectivity index (χ1n) is 10.0. The summed E-state index contributed by atoms with van der Waals surface area (Å²) in [6.45, 7) is 9.40. The zero-order valence-electron chi connectivity index (χ0n) is 16.6. The maximum absolute atomic E-state index is 12.4. The molecular formula is C20H33N3O3. The first kappa shape index (κ1) is 19.4. The molecule has 0 unspecified atom stereocenters. The zero-order valence-corrected chi connectivity index (χ0v) is 16.6.